The molecule has 0 saturated carbocycles. The Kier molecular flexibility index (Phi) is 6.33. The van der Waals surface area contributed by atoms with Crippen LogP contribution in [0.3, 0.4) is 0 Å². The summed E-state index contributed by atoms with van der Waals surface area (Å²) < 4.78 is 92.9. The fourth-order valence-electron chi connectivity index (χ4n) is 3.11. The fraction of sp³-hybridized carbons (Fsp3) is 0.316. The van der Waals surface area contributed by atoms with Crippen LogP contribution in [-0.2, 0) is 10.0 Å². The minimum atomic E-state index is -4.75. The number of benzene rings is 1. The topological polar surface area (TPSA) is 120 Å². The van der Waals surface area contributed by atoms with E-state index in [0.29, 0.717) is 5.39 Å². The van der Waals surface area contributed by atoms with Gasteiger partial charge >= 0.3 is 6.18 Å². The van der Waals surface area contributed by atoms with Crippen LogP contribution >= 0.6 is 0 Å². The molecule has 0 aliphatic rings. The second-order valence-electron chi connectivity index (χ2n) is 7.41. The van der Waals surface area contributed by atoms with Gasteiger partial charge in [-0.15, -0.1) is 0 Å². The first-order chi connectivity index (χ1) is 15.2. The third-order valence-electron chi connectivity index (χ3n) is 4.60. The van der Waals surface area contributed by atoms with Crippen LogP contribution in [0, 0.1) is 11.6 Å². The number of nitrogens with two attached hydrogens (primary N) is 1. The molecule has 2 aromatic heterocycles. The van der Waals surface area contributed by atoms with Crippen molar-refractivity contribution in [1.29, 1.82) is 0 Å². The number of anilines is 2. The molecule has 14 heteroatoms. The summed E-state index contributed by atoms with van der Waals surface area (Å²) >= 11 is 0. The van der Waals surface area contributed by atoms with E-state index in [9.17, 15) is 35.2 Å². The van der Waals surface area contributed by atoms with E-state index in [1.54, 1.807) is 18.6 Å². The fourth-order valence-corrected chi connectivity index (χ4v) is 4.21. The van der Waals surface area contributed by atoms with Gasteiger partial charge in [0.05, 0.1) is 23.4 Å². The van der Waals surface area contributed by atoms with E-state index in [4.69, 9.17) is 5.73 Å². The molecule has 0 unspecified atom stereocenters. The average Bonchev–Trinajstić information content (AvgIpc) is 2.69. The van der Waals surface area contributed by atoms with Gasteiger partial charge < -0.3 is 5.73 Å². The Morgan fingerprint density at radius 2 is 1.82 bits per heavy atom. The smallest absolute Gasteiger partial charge is 0.368 e. The number of fused-ring (bicyclic) bond motifs is 1. The molecule has 1 aromatic carbocycles. The number of aromatic nitrogens is 3. The van der Waals surface area contributed by atoms with Crippen LogP contribution in [0.4, 0.5) is 33.6 Å². The lowest BCUT2D eigenvalue weighted by atomic mass is 10.0. The molecule has 3 N–H and O–H groups in total. The summed E-state index contributed by atoms with van der Waals surface area (Å²) in [6.07, 6.45) is -5.11. The van der Waals surface area contributed by atoms with Crippen molar-refractivity contribution in [3.63, 3.8) is 0 Å². The van der Waals surface area contributed by atoms with Gasteiger partial charge in [-0.3, -0.25) is 14.1 Å². The average molecular weight is 491 g/mol. The summed E-state index contributed by atoms with van der Waals surface area (Å²) in [4.78, 5) is 20.9. The Balaban J connectivity index is 2.09. The monoisotopic (exact) mass is 491 g/mol. The molecule has 33 heavy (non-hydrogen) atoms. The Morgan fingerprint density at radius 1 is 1.15 bits per heavy atom. The molecule has 178 valence electrons. The molecular formula is C19H18F5N5O3S. The number of pyridine rings is 1. The maximum absolute atomic E-state index is 14.9. The quantitative estimate of drug-likeness (QED) is 0.509. The second-order valence-corrected chi connectivity index (χ2v) is 9.25. The molecule has 0 spiro atoms. The molecule has 0 fully saturated rings. The van der Waals surface area contributed by atoms with Gasteiger partial charge in [0.15, 0.2) is 11.6 Å². The van der Waals surface area contributed by atoms with Crippen LogP contribution < -0.4 is 16.0 Å². The lowest BCUT2D eigenvalue weighted by molar-refractivity contribution is -0.129. The predicted molar refractivity (Wildman–Crippen MR) is 112 cm³/mol. The summed E-state index contributed by atoms with van der Waals surface area (Å²) in [5.74, 6) is -4.70. The number of hydrogen-bond donors (Lipinski definition) is 2. The van der Waals surface area contributed by atoms with Gasteiger partial charge in [0.2, 0.25) is 16.0 Å². The van der Waals surface area contributed by atoms with Gasteiger partial charge in [-0.05, 0) is 32.0 Å². The number of halogens is 5. The van der Waals surface area contributed by atoms with Crippen molar-refractivity contribution in [1.82, 2.24) is 14.5 Å². The van der Waals surface area contributed by atoms with Gasteiger partial charge in [0.25, 0.3) is 5.56 Å². The van der Waals surface area contributed by atoms with Crippen LogP contribution in [0.25, 0.3) is 22.2 Å². The van der Waals surface area contributed by atoms with Crippen LogP contribution in [0.15, 0.2) is 29.2 Å². The van der Waals surface area contributed by atoms with Gasteiger partial charge in [-0.25, -0.2) is 22.2 Å². The third kappa shape index (κ3) is 5.21. The predicted octanol–water partition coefficient (Wildman–Crippen LogP) is 3.59. The van der Waals surface area contributed by atoms with Crippen LogP contribution in [0.2, 0.25) is 0 Å². The summed E-state index contributed by atoms with van der Waals surface area (Å²) in [5, 5.41) is 0.309. The minimum absolute atomic E-state index is 0.0940. The van der Waals surface area contributed by atoms with Crippen LogP contribution in [0.5, 0.6) is 0 Å². The van der Waals surface area contributed by atoms with E-state index in [0.717, 1.165) is 12.1 Å². The first kappa shape index (κ1) is 24.4. The number of sulfonamides is 1. The Morgan fingerprint density at radius 3 is 2.42 bits per heavy atom. The third-order valence-corrected chi connectivity index (χ3v) is 5.87. The zero-order chi connectivity index (χ0) is 24.7. The van der Waals surface area contributed by atoms with E-state index >= 15 is 0 Å². The highest BCUT2D eigenvalue weighted by Crippen LogP contribution is 2.30. The van der Waals surface area contributed by atoms with Crippen molar-refractivity contribution in [2.75, 3.05) is 16.2 Å². The summed E-state index contributed by atoms with van der Waals surface area (Å²) in [6.45, 7) is 3.33. The second kappa shape index (κ2) is 8.57. The van der Waals surface area contributed by atoms with Crippen molar-refractivity contribution in [2.24, 2.45) is 0 Å². The lowest BCUT2D eigenvalue weighted by Crippen LogP contribution is -2.25. The highest BCUT2D eigenvalue weighted by molar-refractivity contribution is 7.92. The van der Waals surface area contributed by atoms with E-state index in [1.165, 1.54) is 16.8 Å². The number of alkyl halides is 3. The SMILES string of the molecule is CC(C)n1c(=O)c(-c2ccc(NS(=O)(=O)CCC(F)(F)F)c(F)c2F)cc2cnc(N)nc21. The van der Waals surface area contributed by atoms with E-state index in [1.807, 2.05) is 0 Å². The molecule has 0 saturated heterocycles. The molecule has 0 radical (unpaired) electrons. The van der Waals surface area contributed by atoms with Crippen molar-refractivity contribution in [3.8, 4) is 11.1 Å². The van der Waals surface area contributed by atoms with Crippen molar-refractivity contribution >= 4 is 32.7 Å². The minimum Gasteiger partial charge on any atom is -0.368 e. The number of nitrogens with zero attached hydrogens (tertiary/aromatic N) is 3. The molecule has 3 aromatic rings. The molecular weight excluding hydrogens is 473 g/mol. The van der Waals surface area contributed by atoms with E-state index < -0.39 is 62.9 Å². The van der Waals surface area contributed by atoms with Crippen molar-refractivity contribution < 1.29 is 30.4 Å². The lowest BCUT2D eigenvalue weighted by Gasteiger charge is -2.16. The summed E-state index contributed by atoms with van der Waals surface area (Å²) in [6, 6.07) is 2.57. The highest BCUT2D eigenvalue weighted by atomic mass is 32.2. The van der Waals surface area contributed by atoms with E-state index in [2.05, 4.69) is 9.97 Å². The molecule has 8 nitrogen and oxygen atoms in total. The first-order valence-electron chi connectivity index (χ1n) is 9.43. The number of nitrogen functional groups attached to an aromatic ring is 1. The molecule has 0 amide bonds. The zero-order valence-electron chi connectivity index (χ0n) is 17.2. The Bertz CT molecular complexity index is 1390. The molecule has 0 aliphatic heterocycles. The van der Waals surface area contributed by atoms with Crippen molar-refractivity contribution in [3.05, 3.63) is 46.4 Å². The van der Waals surface area contributed by atoms with Crippen LogP contribution in [0.1, 0.15) is 26.3 Å². The van der Waals surface area contributed by atoms with Gasteiger partial charge in [-0.1, -0.05) is 0 Å². The molecule has 0 atom stereocenters. The van der Waals surface area contributed by atoms with Gasteiger partial charge in [0.1, 0.15) is 5.65 Å². The molecule has 2 heterocycles. The summed E-state index contributed by atoms with van der Waals surface area (Å²) in [5.41, 5.74) is 3.42. The van der Waals surface area contributed by atoms with Crippen LogP contribution in [-0.4, -0.2) is 34.9 Å². The maximum atomic E-state index is 14.9. The molecule has 3 rings (SSSR count). The normalized spacial score (nSPS) is 12.5. The molecule has 0 aliphatic carbocycles. The standard InChI is InChI=1S/C19H18F5N5O3S/c1-9(2)29-16-10(8-26-18(25)27-16)7-12(17(29)30)11-3-4-13(15(21)14(11)20)28-33(31,32)6-5-19(22,23)24/h3-4,7-9,28H,5-6H2,1-2H3,(H2,25,26,27). The Hall–Kier alpha value is -3.29. The zero-order valence-corrected chi connectivity index (χ0v) is 18.1. The number of rotatable bonds is 6. The number of hydrogen-bond acceptors (Lipinski definition) is 6. The van der Waals surface area contributed by atoms with Crippen molar-refractivity contribution in [2.45, 2.75) is 32.5 Å². The highest BCUT2D eigenvalue weighted by Gasteiger charge is 2.30. The Labute approximate surface area is 184 Å². The summed E-state index contributed by atoms with van der Waals surface area (Å²) in [7, 11) is -4.61. The molecule has 0 bridgehead atoms. The maximum Gasteiger partial charge on any atom is 0.390 e. The van der Waals surface area contributed by atoms with E-state index in [-0.39, 0.29) is 17.2 Å². The first-order valence-corrected chi connectivity index (χ1v) is 11.1. The van der Waals surface area contributed by atoms with Gasteiger partial charge in [-0.2, -0.15) is 18.2 Å². The van der Waals surface area contributed by atoms with Gasteiger partial charge in [0, 0.05) is 23.2 Å². The number of nitrogens with one attached hydrogen (secondary N) is 1. The largest absolute Gasteiger partial charge is 0.390 e.